The molecule has 1 N–H and O–H groups in total. The topological polar surface area (TPSA) is 28.2 Å². The van der Waals surface area contributed by atoms with Crippen LogP contribution in [-0.2, 0) is 0 Å². The summed E-state index contributed by atoms with van der Waals surface area (Å²) >= 11 is 0. The van der Waals surface area contributed by atoms with Gasteiger partial charge < -0.3 is 10.2 Å². The number of nitrogens with one attached hydrogen (secondary N) is 1. The Morgan fingerprint density at radius 2 is 1.89 bits per heavy atom. The van der Waals surface area contributed by atoms with Crippen LogP contribution in [0, 0.1) is 11.6 Å². The highest BCUT2D eigenvalue weighted by Crippen LogP contribution is 2.28. The Labute approximate surface area is 106 Å². The molecule has 100 valence electrons. The van der Waals surface area contributed by atoms with Gasteiger partial charge in [-0.3, -0.25) is 0 Å². The van der Waals surface area contributed by atoms with Crippen molar-refractivity contribution in [3.05, 3.63) is 17.7 Å². The Kier molecular flexibility index (Phi) is 3.99. The molecule has 0 bridgehead atoms. The summed E-state index contributed by atoms with van der Waals surface area (Å²) in [4.78, 5) is 5.87. The molecule has 5 heteroatoms. The van der Waals surface area contributed by atoms with E-state index in [1.807, 2.05) is 11.9 Å². The van der Waals surface area contributed by atoms with Crippen molar-refractivity contribution in [1.29, 1.82) is 0 Å². The van der Waals surface area contributed by atoms with Crippen molar-refractivity contribution in [3.8, 4) is 0 Å². The van der Waals surface area contributed by atoms with E-state index in [9.17, 15) is 8.78 Å². The van der Waals surface area contributed by atoms with Crippen LogP contribution in [-0.4, -0.2) is 25.1 Å². The van der Waals surface area contributed by atoms with E-state index in [0.29, 0.717) is 6.04 Å². The van der Waals surface area contributed by atoms with Crippen LogP contribution in [0.4, 0.5) is 20.4 Å². The molecule has 1 fully saturated rings. The van der Waals surface area contributed by atoms with Crippen LogP contribution in [0.3, 0.4) is 0 Å². The number of halogens is 2. The second-order valence-electron chi connectivity index (χ2n) is 4.78. The number of nitrogens with zero attached hydrogens (tertiary/aromatic N) is 2. The van der Waals surface area contributed by atoms with E-state index in [-0.39, 0.29) is 11.6 Å². The third kappa shape index (κ3) is 2.54. The lowest BCUT2D eigenvalue weighted by atomic mass is 9.94. The molecule has 0 radical (unpaired) electrons. The number of aromatic nitrogens is 1. The van der Waals surface area contributed by atoms with Gasteiger partial charge in [-0.1, -0.05) is 19.3 Å². The third-order valence-corrected chi connectivity index (χ3v) is 3.60. The normalized spacial score (nSPS) is 16.7. The van der Waals surface area contributed by atoms with Crippen molar-refractivity contribution in [2.45, 2.75) is 38.1 Å². The molecule has 0 spiro atoms. The van der Waals surface area contributed by atoms with Crippen molar-refractivity contribution >= 4 is 11.6 Å². The maximum atomic E-state index is 13.8. The van der Waals surface area contributed by atoms with Gasteiger partial charge in [0.25, 0.3) is 0 Å². The van der Waals surface area contributed by atoms with Gasteiger partial charge in [-0.05, 0) is 12.8 Å². The molecule has 1 aliphatic carbocycles. The Balaban J connectivity index is 2.25. The number of pyridine rings is 1. The zero-order valence-electron chi connectivity index (χ0n) is 10.8. The quantitative estimate of drug-likeness (QED) is 0.899. The van der Waals surface area contributed by atoms with E-state index in [1.165, 1.54) is 6.42 Å². The summed E-state index contributed by atoms with van der Waals surface area (Å²) < 4.78 is 27.2. The average Bonchev–Trinajstić information content (AvgIpc) is 2.39. The summed E-state index contributed by atoms with van der Waals surface area (Å²) in [5.41, 5.74) is 0. The van der Waals surface area contributed by atoms with Crippen molar-refractivity contribution < 1.29 is 8.78 Å². The smallest absolute Gasteiger partial charge is 0.168 e. The van der Waals surface area contributed by atoms with Crippen molar-refractivity contribution in [3.63, 3.8) is 0 Å². The molecular weight excluding hydrogens is 236 g/mol. The van der Waals surface area contributed by atoms with E-state index >= 15 is 0 Å². The lowest BCUT2D eigenvalue weighted by Crippen LogP contribution is -2.34. The molecule has 1 aromatic heterocycles. The average molecular weight is 255 g/mol. The molecule has 18 heavy (non-hydrogen) atoms. The number of hydrogen-bond acceptors (Lipinski definition) is 3. The fraction of sp³-hybridized carbons (Fsp3) is 0.615. The van der Waals surface area contributed by atoms with Gasteiger partial charge in [0.2, 0.25) is 0 Å². The number of rotatable bonds is 3. The Bertz CT molecular complexity index is 417. The van der Waals surface area contributed by atoms with Crippen LogP contribution < -0.4 is 10.2 Å². The second-order valence-corrected chi connectivity index (χ2v) is 4.78. The molecule has 3 nitrogen and oxygen atoms in total. The number of hydrogen-bond donors (Lipinski definition) is 1. The van der Waals surface area contributed by atoms with Crippen molar-refractivity contribution in [2.75, 3.05) is 24.3 Å². The van der Waals surface area contributed by atoms with Gasteiger partial charge in [-0.15, -0.1) is 0 Å². The predicted molar refractivity (Wildman–Crippen MR) is 69.0 cm³/mol. The zero-order chi connectivity index (χ0) is 13.1. The maximum absolute atomic E-state index is 13.8. The Morgan fingerprint density at radius 1 is 1.22 bits per heavy atom. The monoisotopic (exact) mass is 255 g/mol. The standard InChI is InChI=1S/C13H19F2N3/c1-16-12-10(14)8-11(15)13(17-12)18(2)9-6-4-3-5-7-9/h8-9H,3-7H2,1-2H3,(H,16,17). The summed E-state index contributed by atoms with van der Waals surface area (Å²) in [7, 11) is 3.41. The molecular formula is C13H19F2N3. The lowest BCUT2D eigenvalue weighted by Gasteiger charge is -2.32. The molecule has 0 aliphatic heterocycles. The van der Waals surface area contributed by atoms with Gasteiger partial charge in [0.15, 0.2) is 23.3 Å². The first-order valence-corrected chi connectivity index (χ1v) is 6.40. The van der Waals surface area contributed by atoms with Crippen molar-refractivity contribution in [1.82, 2.24) is 4.98 Å². The number of anilines is 2. The van der Waals surface area contributed by atoms with Gasteiger partial charge in [0.05, 0.1) is 0 Å². The molecule has 0 amide bonds. The highest BCUT2D eigenvalue weighted by atomic mass is 19.1. The zero-order valence-corrected chi connectivity index (χ0v) is 10.8. The van der Waals surface area contributed by atoms with E-state index in [1.54, 1.807) is 7.05 Å². The highest BCUT2D eigenvalue weighted by Gasteiger charge is 2.22. The molecule has 1 heterocycles. The van der Waals surface area contributed by atoms with Crippen LogP contribution in [0.25, 0.3) is 0 Å². The first kappa shape index (κ1) is 13.1. The fourth-order valence-electron chi connectivity index (χ4n) is 2.52. The second kappa shape index (κ2) is 5.50. The molecule has 0 aromatic carbocycles. The van der Waals surface area contributed by atoms with Crippen LogP contribution in [0.5, 0.6) is 0 Å². The fourth-order valence-corrected chi connectivity index (χ4v) is 2.52. The van der Waals surface area contributed by atoms with Gasteiger partial charge in [0.1, 0.15) is 0 Å². The SMILES string of the molecule is CNc1nc(N(C)C2CCCCC2)c(F)cc1F. The van der Waals surface area contributed by atoms with E-state index in [4.69, 9.17) is 0 Å². The minimum atomic E-state index is -0.657. The lowest BCUT2D eigenvalue weighted by molar-refractivity contribution is 0.421. The van der Waals surface area contributed by atoms with E-state index in [2.05, 4.69) is 10.3 Å². The molecule has 1 aliphatic rings. The summed E-state index contributed by atoms with van der Waals surface area (Å²) in [5, 5.41) is 2.64. The van der Waals surface area contributed by atoms with Crippen LogP contribution in [0.15, 0.2) is 6.07 Å². The van der Waals surface area contributed by atoms with Crippen LogP contribution in [0.1, 0.15) is 32.1 Å². The van der Waals surface area contributed by atoms with Crippen LogP contribution >= 0.6 is 0 Å². The predicted octanol–water partition coefficient (Wildman–Crippen LogP) is 3.17. The van der Waals surface area contributed by atoms with Gasteiger partial charge >= 0.3 is 0 Å². The summed E-state index contributed by atoms with van der Waals surface area (Å²) in [5.74, 6) is -0.933. The first-order valence-electron chi connectivity index (χ1n) is 6.40. The molecule has 0 saturated heterocycles. The first-order chi connectivity index (χ1) is 8.63. The van der Waals surface area contributed by atoms with Crippen LogP contribution in [0.2, 0.25) is 0 Å². The summed E-state index contributed by atoms with van der Waals surface area (Å²) in [6.07, 6.45) is 5.66. The largest absolute Gasteiger partial charge is 0.371 e. The van der Waals surface area contributed by atoms with Gasteiger partial charge in [-0.2, -0.15) is 0 Å². The molecule has 1 saturated carbocycles. The van der Waals surface area contributed by atoms with Crippen molar-refractivity contribution in [2.24, 2.45) is 0 Å². The van der Waals surface area contributed by atoms with E-state index in [0.717, 1.165) is 31.7 Å². The van der Waals surface area contributed by atoms with Gasteiger partial charge in [0, 0.05) is 26.2 Å². The minimum absolute atomic E-state index is 0.0917. The molecule has 0 atom stereocenters. The Morgan fingerprint density at radius 3 is 2.50 bits per heavy atom. The molecule has 0 unspecified atom stereocenters. The third-order valence-electron chi connectivity index (χ3n) is 3.60. The Hall–Kier alpha value is -1.39. The van der Waals surface area contributed by atoms with Gasteiger partial charge in [-0.25, -0.2) is 13.8 Å². The molecule has 1 aromatic rings. The summed E-state index contributed by atoms with van der Waals surface area (Å²) in [6, 6.07) is 1.20. The summed E-state index contributed by atoms with van der Waals surface area (Å²) in [6.45, 7) is 0. The molecule has 2 rings (SSSR count). The van der Waals surface area contributed by atoms with E-state index < -0.39 is 11.6 Å². The maximum Gasteiger partial charge on any atom is 0.168 e. The highest BCUT2D eigenvalue weighted by molar-refractivity contribution is 5.49. The minimum Gasteiger partial charge on any atom is -0.371 e.